The van der Waals surface area contributed by atoms with E-state index in [4.69, 9.17) is 14.2 Å². The van der Waals surface area contributed by atoms with Crippen LogP contribution >= 0.6 is 0 Å². The summed E-state index contributed by atoms with van der Waals surface area (Å²) in [6, 6.07) is 6.62. The first kappa shape index (κ1) is 13.0. The summed E-state index contributed by atoms with van der Waals surface area (Å²) in [5.74, 6) is -0.835. The van der Waals surface area contributed by atoms with Crippen molar-refractivity contribution in [2.24, 2.45) is 0 Å². The largest absolute Gasteiger partial charge is 0.357 e. The monoisotopic (exact) mass is 267 g/mol. The van der Waals surface area contributed by atoms with Crippen LogP contribution in [0.1, 0.15) is 25.6 Å². The number of ether oxygens (including phenoxy) is 3. The normalized spacial score (nSPS) is 28.7. The fraction of sp³-hybridized carbons (Fsp3) is 0.571. The third-order valence-corrected chi connectivity index (χ3v) is 3.54. The van der Waals surface area contributed by atoms with Crippen LogP contribution in [-0.4, -0.2) is 31.1 Å². The molecule has 2 fully saturated rings. The Bertz CT molecular complexity index is 468. The molecule has 2 heterocycles. The van der Waals surface area contributed by atoms with E-state index < -0.39 is 12.0 Å². The van der Waals surface area contributed by atoms with Crippen molar-refractivity contribution in [3.8, 4) is 0 Å². The van der Waals surface area contributed by atoms with Crippen LogP contribution in [0.15, 0.2) is 24.3 Å². The van der Waals surface area contributed by atoms with Gasteiger partial charge in [-0.1, -0.05) is 18.2 Å². The topological polar surface area (TPSA) is 39.7 Å². The molecule has 0 radical (unpaired) electrons. The summed E-state index contributed by atoms with van der Waals surface area (Å²) in [6.45, 7) is 5.19. The fourth-order valence-electron chi connectivity index (χ4n) is 2.33. The zero-order chi connectivity index (χ0) is 13.5. The van der Waals surface area contributed by atoms with Crippen molar-refractivity contribution in [1.82, 2.24) is 5.32 Å². The third kappa shape index (κ3) is 2.51. The van der Waals surface area contributed by atoms with Gasteiger partial charge in [-0.15, -0.1) is 0 Å². The average Bonchev–Trinajstić information content (AvgIpc) is 2.79. The maximum Gasteiger partial charge on any atom is 0.162 e. The van der Waals surface area contributed by atoms with E-state index in [2.05, 4.69) is 5.32 Å². The summed E-state index contributed by atoms with van der Waals surface area (Å²) < 4.78 is 30.7. The molecule has 0 aromatic heterocycles. The number of rotatable bonds is 1. The first-order chi connectivity index (χ1) is 9.00. The number of hydrogen-bond donors (Lipinski definition) is 1. The lowest BCUT2D eigenvalue weighted by atomic mass is 10.0. The average molecular weight is 267 g/mol. The Hall–Kier alpha value is -1.01. The molecule has 2 saturated heterocycles. The lowest BCUT2D eigenvalue weighted by Crippen LogP contribution is -2.58. The molecule has 1 N–H and O–H groups in total. The Morgan fingerprint density at radius 2 is 1.84 bits per heavy atom. The minimum Gasteiger partial charge on any atom is -0.357 e. The Morgan fingerprint density at radius 3 is 2.53 bits per heavy atom. The van der Waals surface area contributed by atoms with Crippen LogP contribution in [0.2, 0.25) is 0 Å². The van der Waals surface area contributed by atoms with E-state index in [1.54, 1.807) is 18.2 Å². The van der Waals surface area contributed by atoms with Gasteiger partial charge in [0.25, 0.3) is 0 Å². The summed E-state index contributed by atoms with van der Waals surface area (Å²) in [7, 11) is 0. The number of hydrogen-bond acceptors (Lipinski definition) is 4. The zero-order valence-corrected chi connectivity index (χ0v) is 11.1. The second-order valence-corrected chi connectivity index (χ2v) is 5.61. The highest BCUT2D eigenvalue weighted by Gasteiger charge is 2.46. The second-order valence-electron chi connectivity index (χ2n) is 5.61. The van der Waals surface area contributed by atoms with Gasteiger partial charge in [0.15, 0.2) is 5.79 Å². The zero-order valence-electron chi connectivity index (χ0n) is 11.1. The molecule has 5 heteroatoms. The van der Waals surface area contributed by atoms with Gasteiger partial charge in [0.05, 0.1) is 25.4 Å². The van der Waals surface area contributed by atoms with Crippen molar-refractivity contribution in [1.29, 1.82) is 0 Å². The van der Waals surface area contributed by atoms with Crippen LogP contribution in [0.3, 0.4) is 0 Å². The molecular formula is C14H18FNO3. The van der Waals surface area contributed by atoms with Gasteiger partial charge in [0.2, 0.25) is 0 Å². The van der Waals surface area contributed by atoms with Crippen LogP contribution in [-0.2, 0) is 14.2 Å². The summed E-state index contributed by atoms with van der Waals surface area (Å²) >= 11 is 0. The lowest BCUT2D eigenvalue weighted by molar-refractivity contribution is -0.269. The molecule has 1 aromatic carbocycles. The number of benzene rings is 1. The van der Waals surface area contributed by atoms with Gasteiger partial charge < -0.3 is 14.2 Å². The summed E-state index contributed by atoms with van der Waals surface area (Å²) in [6.07, 6.45) is -0.449. The van der Waals surface area contributed by atoms with Gasteiger partial charge >= 0.3 is 0 Å². The van der Waals surface area contributed by atoms with Gasteiger partial charge in [0, 0.05) is 5.56 Å². The van der Waals surface area contributed by atoms with E-state index in [1.807, 2.05) is 13.8 Å². The van der Waals surface area contributed by atoms with Crippen LogP contribution in [0.25, 0.3) is 0 Å². The van der Waals surface area contributed by atoms with Crippen molar-refractivity contribution in [2.75, 3.05) is 19.8 Å². The van der Waals surface area contributed by atoms with E-state index >= 15 is 0 Å². The van der Waals surface area contributed by atoms with Crippen molar-refractivity contribution in [2.45, 2.75) is 31.4 Å². The molecule has 0 saturated carbocycles. The van der Waals surface area contributed by atoms with E-state index in [0.717, 1.165) is 0 Å². The Morgan fingerprint density at radius 1 is 1.16 bits per heavy atom. The molecule has 2 aliphatic heterocycles. The highest BCUT2D eigenvalue weighted by atomic mass is 19.1. The van der Waals surface area contributed by atoms with Gasteiger partial charge in [0.1, 0.15) is 12.0 Å². The van der Waals surface area contributed by atoms with Crippen molar-refractivity contribution in [3.05, 3.63) is 35.6 Å². The van der Waals surface area contributed by atoms with Crippen LogP contribution in [0.5, 0.6) is 0 Å². The first-order valence-corrected chi connectivity index (χ1v) is 6.41. The van der Waals surface area contributed by atoms with Crippen molar-refractivity contribution < 1.29 is 18.6 Å². The van der Waals surface area contributed by atoms with Crippen LogP contribution < -0.4 is 5.32 Å². The van der Waals surface area contributed by atoms with Crippen LogP contribution in [0, 0.1) is 5.82 Å². The predicted octanol–water partition coefficient (Wildman–Crippen LogP) is 1.97. The summed E-state index contributed by atoms with van der Waals surface area (Å²) in [5, 5.41) is 3.29. The molecule has 1 spiro atoms. The number of nitrogens with one attached hydrogen (secondary N) is 1. The molecule has 0 amide bonds. The Balaban J connectivity index is 1.73. The molecule has 1 unspecified atom stereocenters. The van der Waals surface area contributed by atoms with E-state index in [-0.39, 0.29) is 11.4 Å². The van der Waals surface area contributed by atoms with Gasteiger partial charge in [-0.3, -0.25) is 5.32 Å². The maximum atomic E-state index is 13.7. The Kier molecular flexibility index (Phi) is 3.09. The SMILES string of the molecule is CC1(C)OCC2(COC(c3ccccc3F)N2)CO1. The molecule has 1 atom stereocenters. The van der Waals surface area contributed by atoms with Crippen molar-refractivity contribution >= 4 is 0 Å². The summed E-state index contributed by atoms with van der Waals surface area (Å²) in [5.41, 5.74) is 0.131. The van der Waals surface area contributed by atoms with Crippen LogP contribution in [0.4, 0.5) is 4.39 Å². The predicted molar refractivity (Wildman–Crippen MR) is 66.9 cm³/mol. The maximum absolute atomic E-state index is 13.7. The highest BCUT2D eigenvalue weighted by molar-refractivity contribution is 5.21. The van der Waals surface area contributed by atoms with Gasteiger partial charge in [-0.25, -0.2) is 4.39 Å². The highest BCUT2D eigenvalue weighted by Crippen LogP contribution is 2.32. The minimum absolute atomic E-state index is 0.268. The molecule has 19 heavy (non-hydrogen) atoms. The van der Waals surface area contributed by atoms with E-state index in [0.29, 0.717) is 25.4 Å². The van der Waals surface area contributed by atoms with Gasteiger partial charge in [-0.05, 0) is 19.9 Å². The van der Waals surface area contributed by atoms with Crippen molar-refractivity contribution in [3.63, 3.8) is 0 Å². The van der Waals surface area contributed by atoms with E-state index in [9.17, 15) is 4.39 Å². The first-order valence-electron chi connectivity index (χ1n) is 6.41. The fourth-order valence-corrected chi connectivity index (χ4v) is 2.33. The molecule has 0 bridgehead atoms. The lowest BCUT2D eigenvalue weighted by Gasteiger charge is -2.40. The minimum atomic E-state index is -0.566. The molecule has 4 nitrogen and oxygen atoms in total. The number of halogens is 1. The quantitative estimate of drug-likeness (QED) is 0.844. The molecule has 0 aliphatic carbocycles. The molecule has 104 valence electrons. The molecule has 2 aliphatic rings. The standard InChI is InChI=1S/C14H18FNO3/c1-13(2)18-8-14(9-19-13)7-17-12(16-14)10-5-3-4-6-11(10)15/h3-6,12,16H,7-9H2,1-2H3. The molecule has 3 rings (SSSR count). The smallest absolute Gasteiger partial charge is 0.162 e. The Labute approximate surface area is 111 Å². The summed E-state index contributed by atoms with van der Waals surface area (Å²) in [4.78, 5) is 0. The third-order valence-electron chi connectivity index (χ3n) is 3.54. The molecular weight excluding hydrogens is 249 g/mol. The van der Waals surface area contributed by atoms with Gasteiger partial charge in [-0.2, -0.15) is 0 Å². The second kappa shape index (κ2) is 4.52. The van der Waals surface area contributed by atoms with E-state index in [1.165, 1.54) is 6.07 Å². The molecule has 1 aromatic rings.